The van der Waals surface area contributed by atoms with Crippen LogP contribution < -0.4 is 0 Å². The zero-order valence-corrected chi connectivity index (χ0v) is 14.1. The summed E-state index contributed by atoms with van der Waals surface area (Å²) >= 11 is 12.2. The molecule has 1 aromatic carbocycles. The van der Waals surface area contributed by atoms with Gasteiger partial charge in [-0.2, -0.15) is 0 Å². The van der Waals surface area contributed by atoms with E-state index in [0.29, 0.717) is 23.0 Å². The summed E-state index contributed by atoms with van der Waals surface area (Å²) in [5.74, 6) is -0.595. The van der Waals surface area contributed by atoms with Crippen LogP contribution in [0.2, 0.25) is 10.0 Å². The molecule has 2 rings (SSSR count). The van der Waals surface area contributed by atoms with Gasteiger partial charge in [0.15, 0.2) is 0 Å². The van der Waals surface area contributed by atoms with Gasteiger partial charge in [0.2, 0.25) is 0 Å². The van der Waals surface area contributed by atoms with Gasteiger partial charge in [0.05, 0.1) is 5.41 Å². The molecule has 1 aliphatic rings. The minimum Gasteiger partial charge on any atom is -0.481 e. The van der Waals surface area contributed by atoms with Gasteiger partial charge in [0, 0.05) is 22.6 Å². The Labute approximate surface area is 135 Å². The largest absolute Gasteiger partial charge is 0.481 e. The first-order valence-electron chi connectivity index (χ1n) is 7.20. The van der Waals surface area contributed by atoms with Crippen molar-refractivity contribution in [3.8, 4) is 0 Å². The molecule has 1 heterocycles. The zero-order valence-electron chi connectivity index (χ0n) is 12.6. The molecule has 5 heteroatoms. The number of hydrogen-bond acceptors (Lipinski definition) is 2. The number of hydrogen-bond donors (Lipinski definition) is 1. The first kappa shape index (κ1) is 16.6. The maximum atomic E-state index is 11.7. The molecule has 2 atom stereocenters. The molecule has 0 spiro atoms. The maximum Gasteiger partial charge on any atom is 0.311 e. The third-order valence-electron chi connectivity index (χ3n) is 4.82. The van der Waals surface area contributed by atoms with Crippen molar-refractivity contribution in [3.63, 3.8) is 0 Å². The number of nitrogens with zero attached hydrogens (tertiary/aromatic N) is 1. The van der Waals surface area contributed by atoms with Crippen LogP contribution in [0.5, 0.6) is 0 Å². The molecule has 1 N–H and O–H groups in total. The van der Waals surface area contributed by atoms with Gasteiger partial charge in [-0.1, -0.05) is 43.1 Å². The van der Waals surface area contributed by atoms with Crippen molar-refractivity contribution in [2.24, 2.45) is 11.3 Å². The average molecular weight is 330 g/mol. The molecule has 0 radical (unpaired) electrons. The zero-order chi connectivity index (χ0) is 15.8. The van der Waals surface area contributed by atoms with Crippen LogP contribution >= 0.6 is 23.2 Å². The number of aliphatic carboxylic acids is 1. The normalized spacial score (nSPS) is 24.5. The van der Waals surface area contributed by atoms with E-state index in [9.17, 15) is 9.90 Å². The van der Waals surface area contributed by atoms with E-state index in [1.54, 1.807) is 6.07 Å². The topological polar surface area (TPSA) is 40.5 Å². The van der Waals surface area contributed by atoms with Gasteiger partial charge in [-0.25, -0.2) is 0 Å². The van der Waals surface area contributed by atoms with E-state index in [1.807, 2.05) is 26.0 Å². The van der Waals surface area contributed by atoms with E-state index < -0.39 is 11.4 Å². The average Bonchev–Trinajstić information content (AvgIpc) is 2.84. The molecular formula is C16H21Cl2NO2. The van der Waals surface area contributed by atoms with Crippen LogP contribution in [-0.2, 0) is 4.79 Å². The van der Waals surface area contributed by atoms with Crippen LogP contribution in [0.3, 0.4) is 0 Å². The molecule has 116 valence electrons. The molecule has 0 saturated carbocycles. The Hall–Kier alpha value is -0.770. The van der Waals surface area contributed by atoms with Gasteiger partial charge >= 0.3 is 5.97 Å². The summed E-state index contributed by atoms with van der Waals surface area (Å²) in [5.41, 5.74) is 0.332. The van der Waals surface area contributed by atoms with Crippen LogP contribution in [0.4, 0.5) is 0 Å². The highest BCUT2D eigenvalue weighted by atomic mass is 35.5. The van der Waals surface area contributed by atoms with Gasteiger partial charge in [0.1, 0.15) is 0 Å². The number of halogens is 2. The van der Waals surface area contributed by atoms with Crippen LogP contribution in [0, 0.1) is 11.3 Å². The second-order valence-electron chi connectivity index (χ2n) is 6.18. The Morgan fingerprint density at radius 3 is 2.48 bits per heavy atom. The van der Waals surface area contributed by atoms with Crippen LogP contribution in [0.25, 0.3) is 0 Å². The van der Waals surface area contributed by atoms with E-state index in [-0.39, 0.29) is 12.0 Å². The molecular weight excluding hydrogens is 309 g/mol. The van der Waals surface area contributed by atoms with Gasteiger partial charge in [-0.05, 0) is 43.5 Å². The monoisotopic (exact) mass is 329 g/mol. The van der Waals surface area contributed by atoms with Crippen molar-refractivity contribution in [1.29, 1.82) is 0 Å². The molecule has 1 fully saturated rings. The van der Waals surface area contributed by atoms with Crippen LogP contribution in [-0.4, -0.2) is 29.1 Å². The fourth-order valence-corrected chi connectivity index (χ4v) is 3.69. The highest BCUT2D eigenvalue weighted by Crippen LogP contribution is 2.42. The summed E-state index contributed by atoms with van der Waals surface area (Å²) in [6.45, 7) is 7.35. The third kappa shape index (κ3) is 3.05. The van der Waals surface area contributed by atoms with Crippen LogP contribution in [0.15, 0.2) is 18.2 Å². The predicted molar refractivity (Wildman–Crippen MR) is 86.0 cm³/mol. The second kappa shape index (κ2) is 6.15. The summed E-state index contributed by atoms with van der Waals surface area (Å²) < 4.78 is 0. The molecule has 1 saturated heterocycles. The van der Waals surface area contributed by atoms with Crippen molar-refractivity contribution in [3.05, 3.63) is 33.8 Å². The Bertz CT molecular complexity index is 547. The Morgan fingerprint density at radius 2 is 2.00 bits per heavy atom. The van der Waals surface area contributed by atoms with E-state index in [2.05, 4.69) is 11.8 Å². The molecule has 21 heavy (non-hydrogen) atoms. The SMILES string of the molecule is CC(c1ccc(Cl)cc1Cl)N1CCC(C(=O)O)(C(C)C)C1. The van der Waals surface area contributed by atoms with E-state index in [4.69, 9.17) is 23.2 Å². The molecule has 0 amide bonds. The fourth-order valence-electron chi connectivity index (χ4n) is 3.12. The summed E-state index contributed by atoms with van der Waals surface area (Å²) in [6.07, 6.45) is 0.676. The lowest BCUT2D eigenvalue weighted by Gasteiger charge is -2.31. The maximum absolute atomic E-state index is 11.7. The number of carboxylic acids is 1. The second-order valence-corrected chi connectivity index (χ2v) is 7.02. The molecule has 2 unspecified atom stereocenters. The summed E-state index contributed by atoms with van der Waals surface area (Å²) in [4.78, 5) is 13.9. The van der Waals surface area contributed by atoms with Gasteiger partial charge < -0.3 is 5.11 Å². The third-order valence-corrected chi connectivity index (χ3v) is 5.38. The van der Waals surface area contributed by atoms with Crippen molar-refractivity contribution < 1.29 is 9.90 Å². The minimum atomic E-state index is -0.700. The number of carboxylic acid groups (broad SMARTS) is 1. The summed E-state index contributed by atoms with van der Waals surface area (Å²) in [7, 11) is 0. The lowest BCUT2D eigenvalue weighted by Crippen LogP contribution is -2.39. The summed E-state index contributed by atoms with van der Waals surface area (Å²) in [5, 5.41) is 10.9. The number of benzene rings is 1. The quantitative estimate of drug-likeness (QED) is 0.884. The van der Waals surface area contributed by atoms with E-state index in [0.717, 1.165) is 12.1 Å². The Kier molecular flexibility index (Phi) is 4.86. The van der Waals surface area contributed by atoms with Gasteiger partial charge in [-0.15, -0.1) is 0 Å². The highest BCUT2D eigenvalue weighted by Gasteiger charge is 2.48. The highest BCUT2D eigenvalue weighted by molar-refractivity contribution is 6.35. The fraction of sp³-hybridized carbons (Fsp3) is 0.562. The Balaban J connectivity index is 2.22. The van der Waals surface area contributed by atoms with Gasteiger partial charge in [0.25, 0.3) is 0 Å². The first-order chi connectivity index (χ1) is 9.78. The number of likely N-dealkylation sites (tertiary alicyclic amines) is 1. The van der Waals surface area contributed by atoms with Crippen molar-refractivity contribution in [2.45, 2.75) is 33.2 Å². The lowest BCUT2D eigenvalue weighted by atomic mass is 9.76. The van der Waals surface area contributed by atoms with Crippen LogP contribution in [0.1, 0.15) is 38.8 Å². The van der Waals surface area contributed by atoms with Crippen molar-refractivity contribution in [2.75, 3.05) is 13.1 Å². The van der Waals surface area contributed by atoms with Gasteiger partial charge in [-0.3, -0.25) is 9.69 Å². The molecule has 1 aromatic rings. The van der Waals surface area contributed by atoms with Crippen molar-refractivity contribution in [1.82, 2.24) is 4.90 Å². The lowest BCUT2D eigenvalue weighted by molar-refractivity contribution is -0.151. The summed E-state index contributed by atoms with van der Waals surface area (Å²) in [6, 6.07) is 5.56. The predicted octanol–water partition coefficient (Wildman–Crippen LogP) is 4.49. The minimum absolute atomic E-state index is 0.0785. The van der Waals surface area contributed by atoms with Crippen molar-refractivity contribution >= 4 is 29.2 Å². The molecule has 3 nitrogen and oxygen atoms in total. The van der Waals surface area contributed by atoms with E-state index in [1.165, 1.54) is 0 Å². The Morgan fingerprint density at radius 1 is 1.33 bits per heavy atom. The van der Waals surface area contributed by atoms with E-state index >= 15 is 0 Å². The smallest absolute Gasteiger partial charge is 0.311 e. The number of rotatable bonds is 4. The molecule has 1 aliphatic heterocycles. The molecule has 0 aliphatic carbocycles. The first-order valence-corrected chi connectivity index (χ1v) is 7.96. The standard InChI is InChI=1S/C16H21Cl2NO2/c1-10(2)16(15(20)21)6-7-19(9-16)11(3)13-5-4-12(17)8-14(13)18/h4-5,8,10-11H,6-7,9H2,1-3H3,(H,20,21). The molecule has 0 bridgehead atoms. The number of carbonyl (C=O) groups is 1. The molecule has 0 aromatic heterocycles.